The Morgan fingerprint density at radius 1 is 1.26 bits per heavy atom. The van der Waals surface area contributed by atoms with Crippen LogP contribution in [0.4, 0.5) is 0 Å². The van der Waals surface area contributed by atoms with E-state index in [0.29, 0.717) is 24.0 Å². The second-order valence-electron chi connectivity index (χ2n) is 4.45. The van der Waals surface area contributed by atoms with Crippen molar-refractivity contribution in [2.45, 2.75) is 20.4 Å². The Morgan fingerprint density at radius 2 is 2.16 bits per heavy atom. The maximum Gasteiger partial charge on any atom is 0.293 e. The third-order valence-electron chi connectivity index (χ3n) is 2.88. The number of nitrogens with one attached hydrogen (secondary N) is 1. The van der Waals surface area contributed by atoms with Crippen molar-refractivity contribution >= 4 is 11.0 Å². The fourth-order valence-corrected chi connectivity index (χ4v) is 1.93. The number of benzene rings is 1. The molecule has 0 atom stereocenters. The second-order valence-corrected chi connectivity index (χ2v) is 4.45. The van der Waals surface area contributed by atoms with Crippen LogP contribution >= 0.6 is 0 Å². The molecule has 2 heterocycles. The van der Waals surface area contributed by atoms with E-state index in [2.05, 4.69) is 21.5 Å². The maximum atomic E-state index is 5.71. The minimum absolute atomic E-state index is 0.418. The molecule has 5 heteroatoms. The average Bonchev–Trinajstić information content (AvgIpc) is 3.01. The first-order chi connectivity index (χ1) is 9.26. The van der Waals surface area contributed by atoms with Crippen molar-refractivity contribution in [3.05, 3.63) is 35.7 Å². The molecule has 3 aromatic rings. The minimum atomic E-state index is 0.418. The van der Waals surface area contributed by atoms with Crippen molar-refractivity contribution in [2.75, 3.05) is 6.54 Å². The lowest BCUT2D eigenvalue weighted by atomic mass is 10.2. The van der Waals surface area contributed by atoms with Gasteiger partial charge in [-0.3, -0.25) is 0 Å². The molecular weight excluding hydrogens is 242 g/mol. The normalized spacial score (nSPS) is 11.3. The molecule has 0 saturated carbocycles. The Morgan fingerprint density at radius 3 is 3.00 bits per heavy atom. The van der Waals surface area contributed by atoms with E-state index in [0.717, 1.165) is 17.5 Å². The van der Waals surface area contributed by atoms with E-state index in [1.165, 1.54) is 5.56 Å². The van der Waals surface area contributed by atoms with Gasteiger partial charge in [0.15, 0.2) is 11.6 Å². The van der Waals surface area contributed by atoms with Gasteiger partial charge >= 0.3 is 0 Å². The lowest BCUT2D eigenvalue weighted by molar-refractivity contribution is 0.409. The van der Waals surface area contributed by atoms with E-state index in [9.17, 15) is 0 Å². The maximum absolute atomic E-state index is 5.71. The number of furan rings is 1. The van der Waals surface area contributed by atoms with Crippen LogP contribution in [0.15, 0.2) is 33.2 Å². The lowest BCUT2D eigenvalue weighted by Crippen LogP contribution is -2.12. The van der Waals surface area contributed by atoms with Crippen LogP contribution in [0.5, 0.6) is 0 Å². The predicted octanol–water partition coefficient (Wildman–Crippen LogP) is 2.90. The molecule has 0 radical (unpaired) electrons. The highest BCUT2D eigenvalue weighted by molar-refractivity contribution is 5.82. The standard InChI is InChI=1S/C14H15N3O2/c1-3-15-8-13-16-14(19-17-13)12-7-10-6-9(2)4-5-11(10)18-12/h4-7,15H,3,8H2,1-2H3. The first kappa shape index (κ1) is 11.9. The van der Waals surface area contributed by atoms with Gasteiger partial charge < -0.3 is 14.3 Å². The Kier molecular flexibility index (Phi) is 3.05. The highest BCUT2D eigenvalue weighted by atomic mass is 16.5. The third kappa shape index (κ3) is 2.37. The van der Waals surface area contributed by atoms with E-state index in [1.54, 1.807) is 0 Å². The summed E-state index contributed by atoms with van der Waals surface area (Å²) in [7, 11) is 0. The van der Waals surface area contributed by atoms with Crippen LogP contribution in [-0.4, -0.2) is 16.7 Å². The van der Waals surface area contributed by atoms with Gasteiger partial charge in [-0.05, 0) is 31.7 Å². The Balaban J connectivity index is 1.92. The molecule has 0 bridgehead atoms. The molecule has 1 N–H and O–H groups in total. The number of rotatable bonds is 4. The van der Waals surface area contributed by atoms with E-state index < -0.39 is 0 Å². The molecule has 0 saturated heterocycles. The van der Waals surface area contributed by atoms with E-state index in [-0.39, 0.29) is 0 Å². The molecule has 0 aliphatic rings. The van der Waals surface area contributed by atoms with E-state index in [1.807, 2.05) is 32.0 Å². The molecule has 0 aliphatic carbocycles. The van der Waals surface area contributed by atoms with Crippen LogP contribution in [0.25, 0.3) is 22.6 Å². The lowest BCUT2D eigenvalue weighted by Gasteiger charge is -1.92. The number of aryl methyl sites for hydroxylation is 1. The van der Waals surface area contributed by atoms with Crippen molar-refractivity contribution < 1.29 is 8.94 Å². The van der Waals surface area contributed by atoms with Crippen molar-refractivity contribution in [1.29, 1.82) is 0 Å². The van der Waals surface area contributed by atoms with Gasteiger partial charge in [0.1, 0.15) is 5.58 Å². The van der Waals surface area contributed by atoms with Gasteiger partial charge in [-0.1, -0.05) is 23.7 Å². The predicted molar refractivity (Wildman–Crippen MR) is 71.6 cm³/mol. The van der Waals surface area contributed by atoms with E-state index >= 15 is 0 Å². The molecule has 0 aliphatic heterocycles. The van der Waals surface area contributed by atoms with Gasteiger partial charge in [0.05, 0.1) is 6.54 Å². The van der Waals surface area contributed by atoms with Gasteiger partial charge in [0.25, 0.3) is 5.89 Å². The smallest absolute Gasteiger partial charge is 0.293 e. The summed E-state index contributed by atoms with van der Waals surface area (Å²) in [4.78, 5) is 4.30. The van der Waals surface area contributed by atoms with Crippen molar-refractivity contribution in [1.82, 2.24) is 15.5 Å². The SMILES string of the molecule is CCNCc1noc(-c2cc3cc(C)ccc3o2)n1. The van der Waals surface area contributed by atoms with Gasteiger partial charge in [-0.2, -0.15) is 4.98 Å². The second kappa shape index (κ2) is 4.85. The van der Waals surface area contributed by atoms with Gasteiger partial charge in [0.2, 0.25) is 0 Å². The monoisotopic (exact) mass is 257 g/mol. The first-order valence-electron chi connectivity index (χ1n) is 6.30. The summed E-state index contributed by atoms with van der Waals surface area (Å²) in [6.45, 7) is 5.54. The van der Waals surface area contributed by atoms with Crippen molar-refractivity contribution in [2.24, 2.45) is 0 Å². The number of hydrogen-bond donors (Lipinski definition) is 1. The van der Waals surface area contributed by atoms with Crippen LogP contribution in [-0.2, 0) is 6.54 Å². The number of fused-ring (bicyclic) bond motifs is 1. The number of aromatic nitrogens is 2. The Labute approximate surface area is 110 Å². The van der Waals surface area contributed by atoms with Crippen LogP contribution in [0.2, 0.25) is 0 Å². The zero-order valence-corrected chi connectivity index (χ0v) is 10.9. The molecular formula is C14H15N3O2. The van der Waals surface area contributed by atoms with Crippen molar-refractivity contribution in [3.8, 4) is 11.7 Å². The Bertz CT molecular complexity index is 700. The molecule has 98 valence electrons. The quantitative estimate of drug-likeness (QED) is 0.778. The summed E-state index contributed by atoms with van der Waals surface area (Å²) < 4.78 is 10.9. The van der Waals surface area contributed by atoms with Crippen LogP contribution in [0.3, 0.4) is 0 Å². The van der Waals surface area contributed by atoms with Crippen LogP contribution in [0.1, 0.15) is 18.3 Å². The fraction of sp³-hybridized carbons (Fsp3) is 0.286. The summed E-state index contributed by atoms with van der Waals surface area (Å²) in [5.74, 6) is 1.66. The zero-order valence-electron chi connectivity index (χ0n) is 10.9. The highest BCUT2D eigenvalue weighted by Gasteiger charge is 2.13. The van der Waals surface area contributed by atoms with Gasteiger partial charge in [-0.25, -0.2) is 0 Å². The van der Waals surface area contributed by atoms with E-state index in [4.69, 9.17) is 8.94 Å². The molecule has 19 heavy (non-hydrogen) atoms. The molecule has 2 aromatic heterocycles. The van der Waals surface area contributed by atoms with Crippen molar-refractivity contribution in [3.63, 3.8) is 0 Å². The van der Waals surface area contributed by atoms with Crippen LogP contribution < -0.4 is 5.32 Å². The minimum Gasteiger partial charge on any atom is -0.451 e. The zero-order chi connectivity index (χ0) is 13.2. The number of hydrogen-bond acceptors (Lipinski definition) is 5. The fourth-order valence-electron chi connectivity index (χ4n) is 1.93. The number of nitrogens with zero attached hydrogens (tertiary/aromatic N) is 2. The molecule has 3 rings (SSSR count). The first-order valence-corrected chi connectivity index (χ1v) is 6.30. The average molecular weight is 257 g/mol. The van der Waals surface area contributed by atoms with Gasteiger partial charge in [-0.15, -0.1) is 0 Å². The van der Waals surface area contributed by atoms with Crippen LogP contribution in [0, 0.1) is 6.92 Å². The summed E-state index contributed by atoms with van der Waals surface area (Å²) in [5.41, 5.74) is 2.02. The molecule has 5 nitrogen and oxygen atoms in total. The summed E-state index contributed by atoms with van der Waals surface area (Å²) >= 11 is 0. The highest BCUT2D eigenvalue weighted by Crippen LogP contribution is 2.27. The topological polar surface area (TPSA) is 64.1 Å². The summed E-state index contributed by atoms with van der Waals surface area (Å²) in [6.07, 6.45) is 0. The summed E-state index contributed by atoms with van der Waals surface area (Å²) in [5, 5.41) is 8.10. The molecule has 0 spiro atoms. The van der Waals surface area contributed by atoms with Gasteiger partial charge in [0, 0.05) is 5.39 Å². The molecule has 0 fully saturated rings. The largest absolute Gasteiger partial charge is 0.451 e. The summed E-state index contributed by atoms with van der Waals surface area (Å²) in [6, 6.07) is 7.95. The third-order valence-corrected chi connectivity index (χ3v) is 2.88. The molecule has 1 aromatic carbocycles. The molecule has 0 amide bonds. The molecule has 0 unspecified atom stereocenters. The Hall–Kier alpha value is -2.14.